The van der Waals surface area contributed by atoms with Gasteiger partial charge in [0, 0.05) is 25.0 Å². The van der Waals surface area contributed by atoms with Crippen molar-refractivity contribution in [3.63, 3.8) is 0 Å². The minimum absolute atomic E-state index is 0.151. The predicted molar refractivity (Wildman–Crippen MR) is 108 cm³/mol. The number of piperidine rings is 1. The molecule has 1 heterocycles. The smallest absolute Gasteiger partial charge is 0.266 e. The molecule has 3 rings (SSSR count). The van der Waals surface area contributed by atoms with E-state index in [1.54, 1.807) is 4.90 Å². The van der Waals surface area contributed by atoms with Gasteiger partial charge in [-0.3, -0.25) is 4.79 Å². The van der Waals surface area contributed by atoms with Crippen molar-refractivity contribution in [3.05, 3.63) is 77.5 Å². The predicted octanol–water partition coefficient (Wildman–Crippen LogP) is 4.30. The summed E-state index contributed by atoms with van der Waals surface area (Å²) >= 11 is 0. The lowest BCUT2D eigenvalue weighted by Gasteiger charge is -2.32. The third kappa shape index (κ3) is 5.21. The zero-order valence-corrected chi connectivity index (χ0v) is 15.7. The Hall–Kier alpha value is -3.06. The lowest BCUT2D eigenvalue weighted by Crippen LogP contribution is -2.39. The lowest BCUT2D eigenvalue weighted by molar-refractivity contribution is -0.128. The van der Waals surface area contributed by atoms with Gasteiger partial charge in [0.05, 0.1) is 0 Å². The van der Waals surface area contributed by atoms with E-state index in [1.807, 2.05) is 43.3 Å². The first-order valence-electron chi connectivity index (χ1n) is 9.42. The third-order valence-corrected chi connectivity index (χ3v) is 5.02. The van der Waals surface area contributed by atoms with Gasteiger partial charge in [-0.15, -0.1) is 0 Å². The number of aryl methyl sites for hydroxylation is 1. The van der Waals surface area contributed by atoms with Gasteiger partial charge in [0.1, 0.15) is 11.6 Å². The van der Waals surface area contributed by atoms with E-state index >= 15 is 0 Å². The summed E-state index contributed by atoms with van der Waals surface area (Å²) in [7, 11) is 0. The van der Waals surface area contributed by atoms with Crippen LogP contribution in [0.25, 0.3) is 0 Å². The van der Waals surface area contributed by atoms with Gasteiger partial charge in [0.25, 0.3) is 5.91 Å². The van der Waals surface area contributed by atoms with Crippen molar-refractivity contribution in [2.45, 2.75) is 26.2 Å². The Bertz CT molecular complexity index is 843. The molecule has 1 saturated heterocycles. The van der Waals surface area contributed by atoms with E-state index < -0.39 is 0 Å². The summed E-state index contributed by atoms with van der Waals surface area (Å²) in [5.74, 6) is 0.409. The van der Waals surface area contributed by atoms with Crippen LogP contribution in [0.15, 0.2) is 66.4 Å². The molecule has 1 fully saturated rings. The fourth-order valence-electron chi connectivity index (χ4n) is 3.49. The standard InChI is InChI=1S/C23H25N3O/c1-18-6-5-9-22(14-18)25-17-21(16-24)23(27)26-12-10-20(11-13-26)15-19-7-3-2-4-8-19/h2-9,14,17,20,25H,10-13,15H2,1H3/b21-17-. The van der Waals surface area contributed by atoms with E-state index in [9.17, 15) is 10.1 Å². The highest BCUT2D eigenvalue weighted by Gasteiger charge is 2.25. The number of hydrogen-bond donors (Lipinski definition) is 1. The van der Waals surface area contributed by atoms with E-state index in [-0.39, 0.29) is 11.5 Å². The zero-order chi connectivity index (χ0) is 19.1. The number of carbonyl (C=O) groups is 1. The van der Waals surface area contributed by atoms with E-state index in [4.69, 9.17) is 0 Å². The van der Waals surface area contributed by atoms with Crippen LogP contribution < -0.4 is 5.32 Å². The van der Waals surface area contributed by atoms with Crippen molar-refractivity contribution >= 4 is 11.6 Å². The van der Waals surface area contributed by atoms with E-state index in [1.165, 1.54) is 11.8 Å². The number of nitrogens with zero attached hydrogens (tertiary/aromatic N) is 2. The molecule has 0 spiro atoms. The van der Waals surface area contributed by atoms with Crippen molar-refractivity contribution in [3.8, 4) is 6.07 Å². The second kappa shape index (κ2) is 9.05. The molecule has 1 amide bonds. The van der Waals surface area contributed by atoms with E-state index in [0.29, 0.717) is 19.0 Å². The number of nitrogens with one attached hydrogen (secondary N) is 1. The third-order valence-electron chi connectivity index (χ3n) is 5.02. The fraction of sp³-hybridized carbons (Fsp3) is 0.304. The van der Waals surface area contributed by atoms with Crippen molar-refractivity contribution in [2.24, 2.45) is 5.92 Å². The molecule has 2 aromatic carbocycles. The summed E-state index contributed by atoms with van der Waals surface area (Å²) in [5, 5.41) is 12.5. The molecule has 2 aromatic rings. The molecular formula is C23H25N3O. The molecule has 4 nitrogen and oxygen atoms in total. The van der Waals surface area contributed by atoms with E-state index in [0.717, 1.165) is 30.5 Å². The first-order chi connectivity index (χ1) is 13.2. The average Bonchev–Trinajstić information content (AvgIpc) is 2.70. The summed E-state index contributed by atoms with van der Waals surface area (Å²) < 4.78 is 0. The SMILES string of the molecule is Cc1cccc(N/C=C(/C#N)C(=O)N2CCC(Cc3ccccc3)CC2)c1. The van der Waals surface area contributed by atoms with Crippen molar-refractivity contribution in [1.29, 1.82) is 5.26 Å². The first-order valence-corrected chi connectivity index (χ1v) is 9.42. The van der Waals surface area contributed by atoms with Crippen LogP contribution in [0, 0.1) is 24.2 Å². The first kappa shape index (κ1) is 18.7. The fourth-order valence-corrected chi connectivity index (χ4v) is 3.49. The monoisotopic (exact) mass is 359 g/mol. The highest BCUT2D eigenvalue weighted by Crippen LogP contribution is 2.22. The van der Waals surface area contributed by atoms with Gasteiger partial charge in [-0.1, -0.05) is 42.5 Å². The van der Waals surface area contributed by atoms with Crippen LogP contribution in [0.5, 0.6) is 0 Å². The van der Waals surface area contributed by atoms with Crippen LogP contribution >= 0.6 is 0 Å². The lowest BCUT2D eigenvalue weighted by atomic mass is 9.90. The molecule has 0 bridgehead atoms. The number of rotatable bonds is 5. The van der Waals surface area contributed by atoms with Crippen LogP contribution in [0.4, 0.5) is 5.69 Å². The number of nitriles is 1. The Balaban J connectivity index is 1.55. The molecule has 0 aliphatic carbocycles. The van der Waals surface area contributed by atoms with Crippen LogP contribution in [-0.4, -0.2) is 23.9 Å². The molecule has 4 heteroatoms. The largest absolute Gasteiger partial charge is 0.360 e. The Kier molecular flexibility index (Phi) is 6.27. The topological polar surface area (TPSA) is 56.1 Å². The summed E-state index contributed by atoms with van der Waals surface area (Å²) in [6.45, 7) is 3.42. The Labute approximate surface area is 161 Å². The summed E-state index contributed by atoms with van der Waals surface area (Å²) in [5.41, 5.74) is 3.50. The van der Waals surface area contributed by atoms with Crippen LogP contribution in [0.3, 0.4) is 0 Å². The Morgan fingerprint density at radius 2 is 1.93 bits per heavy atom. The minimum Gasteiger partial charge on any atom is -0.360 e. The number of carbonyl (C=O) groups excluding carboxylic acids is 1. The number of amides is 1. The molecule has 1 aliphatic rings. The quantitative estimate of drug-likeness (QED) is 0.640. The minimum atomic E-state index is -0.184. The Morgan fingerprint density at radius 1 is 1.19 bits per heavy atom. The Morgan fingerprint density at radius 3 is 2.59 bits per heavy atom. The van der Waals surface area contributed by atoms with Gasteiger partial charge >= 0.3 is 0 Å². The molecule has 0 atom stereocenters. The van der Waals surface area contributed by atoms with Crippen LogP contribution in [-0.2, 0) is 11.2 Å². The van der Waals surface area contributed by atoms with Gasteiger partial charge in [0.15, 0.2) is 0 Å². The molecule has 1 N–H and O–H groups in total. The molecule has 0 aromatic heterocycles. The molecular weight excluding hydrogens is 334 g/mol. The van der Waals surface area contributed by atoms with Crippen LogP contribution in [0.2, 0.25) is 0 Å². The van der Waals surface area contributed by atoms with Crippen molar-refractivity contribution in [2.75, 3.05) is 18.4 Å². The summed E-state index contributed by atoms with van der Waals surface area (Å²) in [4.78, 5) is 14.5. The molecule has 0 unspecified atom stereocenters. The summed E-state index contributed by atoms with van der Waals surface area (Å²) in [6, 6.07) is 20.4. The summed E-state index contributed by atoms with van der Waals surface area (Å²) in [6.07, 6.45) is 4.53. The van der Waals surface area contributed by atoms with Crippen molar-refractivity contribution in [1.82, 2.24) is 4.90 Å². The highest BCUT2D eigenvalue weighted by atomic mass is 16.2. The molecule has 27 heavy (non-hydrogen) atoms. The maximum atomic E-state index is 12.7. The second-order valence-corrected chi connectivity index (χ2v) is 7.11. The maximum absolute atomic E-state index is 12.7. The molecule has 1 aliphatic heterocycles. The number of hydrogen-bond acceptors (Lipinski definition) is 3. The van der Waals surface area contributed by atoms with Crippen LogP contribution in [0.1, 0.15) is 24.0 Å². The second-order valence-electron chi connectivity index (χ2n) is 7.11. The normalized spacial score (nSPS) is 15.3. The zero-order valence-electron chi connectivity index (χ0n) is 15.7. The van der Waals surface area contributed by atoms with E-state index in [2.05, 4.69) is 29.6 Å². The average molecular weight is 359 g/mol. The van der Waals surface area contributed by atoms with Gasteiger partial charge in [-0.2, -0.15) is 5.26 Å². The number of anilines is 1. The number of likely N-dealkylation sites (tertiary alicyclic amines) is 1. The van der Waals surface area contributed by atoms with Gasteiger partial charge in [-0.25, -0.2) is 0 Å². The van der Waals surface area contributed by atoms with Gasteiger partial charge < -0.3 is 10.2 Å². The number of benzene rings is 2. The highest BCUT2D eigenvalue weighted by molar-refractivity contribution is 5.97. The molecule has 0 saturated carbocycles. The maximum Gasteiger partial charge on any atom is 0.266 e. The van der Waals surface area contributed by atoms with Crippen molar-refractivity contribution < 1.29 is 4.79 Å². The van der Waals surface area contributed by atoms with Gasteiger partial charge in [0.2, 0.25) is 0 Å². The molecule has 0 radical (unpaired) electrons. The molecule has 138 valence electrons. The van der Waals surface area contributed by atoms with Gasteiger partial charge in [-0.05, 0) is 55.4 Å².